The fourth-order valence-corrected chi connectivity index (χ4v) is 2.18. The van der Waals surface area contributed by atoms with Gasteiger partial charge in [-0.25, -0.2) is 9.59 Å². The normalized spacial score (nSPS) is 12.1. The summed E-state index contributed by atoms with van der Waals surface area (Å²) in [7, 11) is 0. The Kier molecular flexibility index (Phi) is 6.22. The highest BCUT2D eigenvalue weighted by molar-refractivity contribution is 5.83. The molecule has 0 aliphatic carbocycles. The summed E-state index contributed by atoms with van der Waals surface area (Å²) in [6.45, 7) is 5.28. The molecule has 6 nitrogen and oxygen atoms in total. The van der Waals surface area contributed by atoms with Crippen LogP contribution in [0.4, 0.5) is 4.79 Å². The number of hydrogen-bond acceptors (Lipinski definition) is 5. The summed E-state index contributed by atoms with van der Waals surface area (Å²) in [5.74, 6) is -0.562. The highest BCUT2D eigenvalue weighted by Crippen LogP contribution is 2.20. The van der Waals surface area contributed by atoms with Crippen LogP contribution in [0.5, 0.6) is 5.75 Å². The molecule has 0 aliphatic heterocycles. The van der Waals surface area contributed by atoms with E-state index in [9.17, 15) is 14.7 Å². The van der Waals surface area contributed by atoms with Crippen LogP contribution in [0.1, 0.15) is 37.9 Å². The number of aromatic hydroxyl groups is 1. The van der Waals surface area contributed by atoms with E-state index >= 15 is 0 Å². The molecule has 0 unspecified atom stereocenters. The average Bonchev–Trinajstić information content (AvgIpc) is 2.58. The van der Waals surface area contributed by atoms with Crippen LogP contribution in [-0.4, -0.2) is 22.8 Å². The van der Waals surface area contributed by atoms with E-state index in [0.29, 0.717) is 5.56 Å². The van der Waals surface area contributed by atoms with Gasteiger partial charge in [0, 0.05) is 0 Å². The van der Waals surface area contributed by atoms with Crippen LogP contribution < -0.4 is 5.32 Å². The molecule has 1 atom stereocenters. The fourth-order valence-electron chi connectivity index (χ4n) is 2.18. The lowest BCUT2D eigenvalue weighted by Gasteiger charge is -2.23. The molecule has 0 saturated carbocycles. The van der Waals surface area contributed by atoms with Crippen molar-refractivity contribution in [1.29, 1.82) is 0 Å². The number of rotatable bonds is 5. The molecule has 138 valence electrons. The Hall–Kier alpha value is -3.02. The highest BCUT2D eigenvalue weighted by Gasteiger charge is 2.27. The number of nitrogens with one attached hydrogen (secondary N) is 1. The maximum Gasteiger partial charge on any atom is 0.408 e. The molecule has 2 rings (SSSR count). The van der Waals surface area contributed by atoms with Crippen molar-refractivity contribution >= 4 is 12.1 Å². The standard InChI is InChI=1S/C20H23NO5/c1-20(2,3)26-19(24)21-17(15-9-11-16(22)12-10-15)18(23)25-13-14-7-5-4-6-8-14/h4-12,17,22H,13H2,1-3H3,(H,21,24)/t17-/m0/s1. The number of benzene rings is 2. The van der Waals surface area contributed by atoms with E-state index in [0.717, 1.165) is 5.56 Å². The molecule has 0 aliphatic rings. The van der Waals surface area contributed by atoms with Crippen LogP contribution in [0.15, 0.2) is 54.6 Å². The first kappa shape index (κ1) is 19.3. The van der Waals surface area contributed by atoms with Crippen molar-refractivity contribution in [3.8, 4) is 5.75 Å². The van der Waals surface area contributed by atoms with E-state index in [1.165, 1.54) is 12.1 Å². The Labute approximate surface area is 152 Å². The van der Waals surface area contributed by atoms with Gasteiger partial charge in [-0.3, -0.25) is 0 Å². The van der Waals surface area contributed by atoms with Crippen molar-refractivity contribution in [2.75, 3.05) is 0 Å². The maximum absolute atomic E-state index is 12.5. The Bertz CT molecular complexity index is 735. The van der Waals surface area contributed by atoms with Gasteiger partial charge in [-0.15, -0.1) is 0 Å². The van der Waals surface area contributed by atoms with Crippen molar-refractivity contribution in [2.45, 2.75) is 39.0 Å². The number of hydrogen-bond donors (Lipinski definition) is 2. The van der Waals surface area contributed by atoms with Crippen LogP contribution in [0.3, 0.4) is 0 Å². The first-order chi connectivity index (χ1) is 12.2. The monoisotopic (exact) mass is 357 g/mol. The van der Waals surface area contributed by atoms with Crippen molar-refractivity contribution in [1.82, 2.24) is 5.32 Å². The van der Waals surface area contributed by atoms with Gasteiger partial charge in [0.05, 0.1) is 0 Å². The van der Waals surface area contributed by atoms with Gasteiger partial charge in [-0.1, -0.05) is 42.5 Å². The van der Waals surface area contributed by atoms with Crippen LogP contribution in [-0.2, 0) is 20.9 Å². The molecular formula is C20H23NO5. The van der Waals surface area contributed by atoms with Crippen molar-refractivity contribution in [3.05, 3.63) is 65.7 Å². The lowest BCUT2D eigenvalue weighted by molar-refractivity contribution is -0.147. The molecule has 6 heteroatoms. The van der Waals surface area contributed by atoms with E-state index in [1.807, 2.05) is 30.3 Å². The van der Waals surface area contributed by atoms with Gasteiger partial charge in [-0.2, -0.15) is 0 Å². The number of ether oxygens (including phenoxy) is 2. The lowest BCUT2D eigenvalue weighted by atomic mass is 10.1. The Morgan fingerprint density at radius 2 is 1.65 bits per heavy atom. The second kappa shape index (κ2) is 8.38. The summed E-state index contributed by atoms with van der Waals surface area (Å²) in [6.07, 6.45) is -0.729. The smallest absolute Gasteiger partial charge is 0.408 e. The lowest BCUT2D eigenvalue weighted by Crippen LogP contribution is -2.38. The molecular weight excluding hydrogens is 334 g/mol. The summed E-state index contributed by atoms with van der Waals surface area (Å²) in [5, 5.41) is 12.0. The van der Waals surface area contributed by atoms with Gasteiger partial charge in [0.25, 0.3) is 0 Å². The summed E-state index contributed by atoms with van der Waals surface area (Å²) in [6, 6.07) is 14.1. The first-order valence-electron chi connectivity index (χ1n) is 8.23. The molecule has 2 N–H and O–H groups in total. The summed E-state index contributed by atoms with van der Waals surface area (Å²) < 4.78 is 10.6. The predicted octanol–water partition coefficient (Wildman–Crippen LogP) is 3.70. The number of carbonyl (C=O) groups excluding carboxylic acids is 2. The minimum atomic E-state index is -1.05. The van der Waals surface area contributed by atoms with Gasteiger partial charge in [0.1, 0.15) is 18.0 Å². The molecule has 1 amide bonds. The van der Waals surface area contributed by atoms with E-state index < -0.39 is 23.7 Å². The number of carbonyl (C=O) groups is 2. The molecule has 2 aromatic rings. The quantitative estimate of drug-likeness (QED) is 0.797. The number of amides is 1. The van der Waals surface area contributed by atoms with Gasteiger partial charge >= 0.3 is 12.1 Å². The van der Waals surface area contributed by atoms with Gasteiger partial charge in [0.15, 0.2) is 6.04 Å². The Morgan fingerprint density at radius 1 is 1.04 bits per heavy atom. The summed E-state index contributed by atoms with van der Waals surface area (Å²) in [4.78, 5) is 24.6. The molecule has 0 spiro atoms. The minimum absolute atomic E-state index is 0.0578. The zero-order valence-electron chi connectivity index (χ0n) is 15.1. The van der Waals surface area contributed by atoms with E-state index in [2.05, 4.69) is 5.32 Å². The number of alkyl carbamates (subject to hydrolysis) is 1. The van der Waals surface area contributed by atoms with E-state index in [1.54, 1.807) is 32.9 Å². The zero-order valence-corrected chi connectivity index (χ0v) is 15.1. The molecule has 0 bridgehead atoms. The van der Waals surface area contributed by atoms with Crippen LogP contribution in [0.25, 0.3) is 0 Å². The van der Waals surface area contributed by atoms with Crippen molar-refractivity contribution in [2.24, 2.45) is 0 Å². The maximum atomic E-state index is 12.5. The van der Waals surface area contributed by atoms with Crippen LogP contribution >= 0.6 is 0 Å². The van der Waals surface area contributed by atoms with Crippen LogP contribution in [0.2, 0.25) is 0 Å². The fraction of sp³-hybridized carbons (Fsp3) is 0.300. The third-order valence-corrected chi connectivity index (χ3v) is 3.35. The van der Waals surface area contributed by atoms with Gasteiger partial charge < -0.3 is 19.9 Å². The second-order valence-electron chi connectivity index (χ2n) is 6.76. The van der Waals surface area contributed by atoms with Crippen molar-refractivity contribution < 1.29 is 24.2 Å². The summed E-state index contributed by atoms with van der Waals surface area (Å²) in [5.41, 5.74) is 0.617. The van der Waals surface area contributed by atoms with E-state index in [-0.39, 0.29) is 12.4 Å². The number of phenols is 1. The zero-order chi connectivity index (χ0) is 19.2. The minimum Gasteiger partial charge on any atom is -0.508 e. The third kappa shape index (κ3) is 6.12. The van der Waals surface area contributed by atoms with Crippen LogP contribution in [0, 0.1) is 0 Å². The van der Waals surface area contributed by atoms with Crippen molar-refractivity contribution in [3.63, 3.8) is 0 Å². The van der Waals surface area contributed by atoms with Gasteiger partial charge in [-0.05, 0) is 44.0 Å². The molecule has 0 aromatic heterocycles. The second-order valence-corrected chi connectivity index (χ2v) is 6.76. The number of esters is 1. The SMILES string of the molecule is CC(C)(C)OC(=O)N[C@H](C(=O)OCc1ccccc1)c1ccc(O)cc1. The molecule has 0 heterocycles. The Morgan fingerprint density at radius 3 is 2.23 bits per heavy atom. The largest absolute Gasteiger partial charge is 0.508 e. The molecule has 26 heavy (non-hydrogen) atoms. The molecule has 0 radical (unpaired) electrons. The topological polar surface area (TPSA) is 84.9 Å². The molecule has 0 fully saturated rings. The van der Waals surface area contributed by atoms with E-state index in [4.69, 9.17) is 9.47 Å². The molecule has 2 aromatic carbocycles. The number of phenolic OH excluding ortho intramolecular Hbond substituents is 1. The average molecular weight is 357 g/mol. The molecule has 0 saturated heterocycles. The summed E-state index contributed by atoms with van der Waals surface area (Å²) >= 11 is 0. The highest BCUT2D eigenvalue weighted by atomic mass is 16.6. The Balaban J connectivity index is 2.12. The predicted molar refractivity (Wildman–Crippen MR) is 96.5 cm³/mol. The first-order valence-corrected chi connectivity index (χ1v) is 8.23. The third-order valence-electron chi connectivity index (χ3n) is 3.35. The van der Waals surface area contributed by atoms with Gasteiger partial charge in [0.2, 0.25) is 0 Å².